The van der Waals surface area contributed by atoms with E-state index < -0.39 is 0 Å². The van der Waals surface area contributed by atoms with Crippen LogP contribution >= 0.6 is 11.5 Å². The van der Waals surface area contributed by atoms with Crippen LogP contribution in [0.4, 0.5) is 5.88 Å². The number of aromatic nitrogens is 1. The van der Waals surface area contributed by atoms with Crippen LogP contribution in [0.15, 0.2) is 28.7 Å². The Balaban J connectivity index is 2.25. The maximum Gasteiger partial charge on any atom is 0.211 e. The van der Waals surface area contributed by atoms with Crippen molar-refractivity contribution in [2.45, 2.75) is 6.92 Å². The molecule has 0 spiro atoms. The van der Waals surface area contributed by atoms with Gasteiger partial charge in [-0.05, 0) is 24.0 Å². The molecular formula is C13H9N3OS. The summed E-state index contributed by atoms with van der Waals surface area (Å²) in [5.41, 5.74) is 9.33. The van der Waals surface area contributed by atoms with Crippen molar-refractivity contribution in [1.82, 2.24) is 4.37 Å². The minimum Gasteiger partial charge on any atom is -0.436 e. The zero-order valence-electron chi connectivity index (χ0n) is 9.60. The van der Waals surface area contributed by atoms with Gasteiger partial charge >= 0.3 is 0 Å². The van der Waals surface area contributed by atoms with E-state index in [-0.39, 0.29) is 5.88 Å². The first-order valence-electron chi connectivity index (χ1n) is 5.35. The van der Waals surface area contributed by atoms with Crippen LogP contribution in [0.5, 0.6) is 0 Å². The molecule has 0 saturated heterocycles. The fraction of sp³-hybridized carbons (Fsp3) is 0.0769. The molecule has 0 radical (unpaired) electrons. The highest BCUT2D eigenvalue weighted by atomic mass is 32.1. The smallest absolute Gasteiger partial charge is 0.211 e. The number of fused-ring (bicyclic) bond motifs is 1. The summed E-state index contributed by atoms with van der Waals surface area (Å²) in [5, 5.41) is 9.00. The summed E-state index contributed by atoms with van der Waals surface area (Å²) < 4.78 is 9.70. The molecule has 0 aliphatic carbocycles. The topological polar surface area (TPSA) is 75.8 Å². The molecule has 3 rings (SSSR count). The Bertz CT molecular complexity index is 762. The standard InChI is InChI=1S/C13H9N3OS/c1-7-2-4-8(5-3-7)12-11-10(16-18-12)9(6-14)13(15)17-11/h2-5H,15H2,1H3. The highest BCUT2D eigenvalue weighted by Crippen LogP contribution is 2.37. The van der Waals surface area contributed by atoms with E-state index in [1.54, 1.807) is 0 Å². The van der Waals surface area contributed by atoms with E-state index in [9.17, 15) is 0 Å². The monoisotopic (exact) mass is 255 g/mol. The average Bonchev–Trinajstić information content (AvgIpc) is 2.88. The molecule has 0 amide bonds. The van der Waals surface area contributed by atoms with Crippen LogP contribution in [0.2, 0.25) is 0 Å². The number of hydrogen-bond donors (Lipinski definition) is 1. The van der Waals surface area contributed by atoms with Crippen molar-refractivity contribution in [3.63, 3.8) is 0 Å². The Morgan fingerprint density at radius 3 is 2.72 bits per heavy atom. The third-order valence-electron chi connectivity index (χ3n) is 2.77. The molecule has 1 aromatic carbocycles. The van der Waals surface area contributed by atoms with Crippen LogP contribution < -0.4 is 5.73 Å². The van der Waals surface area contributed by atoms with Gasteiger partial charge in [0.05, 0.1) is 4.88 Å². The predicted octanol–water partition coefficient (Wildman–Crippen LogP) is 3.32. The zero-order valence-corrected chi connectivity index (χ0v) is 10.4. The molecule has 0 bridgehead atoms. The van der Waals surface area contributed by atoms with Gasteiger partial charge in [-0.25, -0.2) is 0 Å². The summed E-state index contributed by atoms with van der Waals surface area (Å²) in [5.74, 6) is 0.135. The van der Waals surface area contributed by atoms with Gasteiger partial charge < -0.3 is 10.2 Å². The summed E-state index contributed by atoms with van der Waals surface area (Å²) in [6.45, 7) is 2.03. The Kier molecular flexibility index (Phi) is 2.32. The molecule has 2 heterocycles. The lowest BCUT2D eigenvalue weighted by Gasteiger charge is -1.97. The Labute approximate surface area is 107 Å². The zero-order chi connectivity index (χ0) is 12.7. The van der Waals surface area contributed by atoms with Gasteiger partial charge in [0, 0.05) is 0 Å². The first-order valence-corrected chi connectivity index (χ1v) is 6.13. The van der Waals surface area contributed by atoms with Crippen molar-refractivity contribution in [2.75, 3.05) is 5.73 Å². The fourth-order valence-corrected chi connectivity index (χ4v) is 2.63. The summed E-state index contributed by atoms with van der Waals surface area (Å²) in [4.78, 5) is 0.901. The highest BCUT2D eigenvalue weighted by Gasteiger charge is 2.19. The molecule has 3 aromatic rings. The SMILES string of the molecule is Cc1ccc(-c2snc3c(C#N)c(N)oc23)cc1. The van der Waals surface area contributed by atoms with E-state index in [2.05, 4.69) is 4.37 Å². The van der Waals surface area contributed by atoms with Crippen LogP contribution in [-0.2, 0) is 0 Å². The molecule has 2 aromatic heterocycles. The number of anilines is 1. The second-order valence-corrected chi connectivity index (χ2v) is 4.78. The van der Waals surface area contributed by atoms with Crippen LogP contribution in [-0.4, -0.2) is 4.37 Å². The molecule has 0 fully saturated rings. The van der Waals surface area contributed by atoms with E-state index >= 15 is 0 Å². The van der Waals surface area contributed by atoms with Gasteiger partial charge in [0.1, 0.15) is 17.1 Å². The number of benzene rings is 1. The summed E-state index contributed by atoms with van der Waals surface area (Å²) >= 11 is 1.32. The van der Waals surface area contributed by atoms with E-state index in [1.807, 2.05) is 37.3 Å². The lowest BCUT2D eigenvalue weighted by Crippen LogP contribution is -1.83. The van der Waals surface area contributed by atoms with Gasteiger partial charge in [-0.15, -0.1) is 0 Å². The largest absolute Gasteiger partial charge is 0.436 e. The number of rotatable bonds is 1. The van der Waals surface area contributed by atoms with E-state index in [4.69, 9.17) is 15.4 Å². The molecular weight excluding hydrogens is 246 g/mol. The molecule has 4 nitrogen and oxygen atoms in total. The Hall–Kier alpha value is -2.32. The molecule has 0 atom stereocenters. The fourth-order valence-electron chi connectivity index (χ4n) is 1.81. The molecule has 0 saturated carbocycles. The minimum atomic E-state index is 0.135. The molecule has 88 valence electrons. The van der Waals surface area contributed by atoms with E-state index in [0.29, 0.717) is 16.7 Å². The van der Waals surface area contributed by atoms with E-state index in [0.717, 1.165) is 10.4 Å². The number of aryl methyl sites for hydroxylation is 1. The van der Waals surface area contributed by atoms with Crippen molar-refractivity contribution in [3.8, 4) is 16.5 Å². The first-order chi connectivity index (χ1) is 8.70. The quantitative estimate of drug-likeness (QED) is 0.723. The number of nitrogens with two attached hydrogens (primary N) is 1. The molecule has 0 unspecified atom stereocenters. The molecule has 2 N–H and O–H groups in total. The second kappa shape index (κ2) is 3.86. The number of nitriles is 1. The van der Waals surface area contributed by atoms with Gasteiger partial charge in [-0.1, -0.05) is 29.8 Å². The van der Waals surface area contributed by atoms with Gasteiger partial charge in [0.2, 0.25) is 5.88 Å². The molecule has 18 heavy (non-hydrogen) atoms. The lowest BCUT2D eigenvalue weighted by molar-refractivity contribution is 0.638. The van der Waals surface area contributed by atoms with Crippen molar-refractivity contribution in [2.24, 2.45) is 0 Å². The highest BCUT2D eigenvalue weighted by molar-refractivity contribution is 7.11. The van der Waals surface area contributed by atoms with Crippen LogP contribution in [0.1, 0.15) is 11.1 Å². The van der Waals surface area contributed by atoms with Crippen molar-refractivity contribution in [3.05, 3.63) is 35.4 Å². The van der Waals surface area contributed by atoms with Gasteiger partial charge in [0.15, 0.2) is 5.58 Å². The number of nitrogens with zero attached hydrogens (tertiary/aromatic N) is 2. The van der Waals surface area contributed by atoms with Crippen LogP contribution in [0.25, 0.3) is 21.5 Å². The predicted molar refractivity (Wildman–Crippen MR) is 71.2 cm³/mol. The number of nitrogen functional groups attached to an aromatic ring is 1. The summed E-state index contributed by atoms with van der Waals surface area (Å²) in [6.07, 6.45) is 0. The number of furan rings is 1. The summed E-state index contributed by atoms with van der Waals surface area (Å²) in [6, 6.07) is 10.1. The molecule has 0 aliphatic heterocycles. The van der Waals surface area contributed by atoms with Crippen molar-refractivity contribution < 1.29 is 4.42 Å². The van der Waals surface area contributed by atoms with Crippen LogP contribution in [0, 0.1) is 18.3 Å². The normalized spacial score (nSPS) is 10.7. The van der Waals surface area contributed by atoms with Gasteiger partial charge in [-0.3, -0.25) is 0 Å². The third-order valence-corrected chi connectivity index (χ3v) is 3.65. The lowest BCUT2D eigenvalue weighted by atomic mass is 10.1. The summed E-state index contributed by atoms with van der Waals surface area (Å²) in [7, 11) is 0. The maximum absolute atomic E-state index is 9.00. The third kappa shape index (κ3) is 1.47. The van der Waals surface area contributed by atoms with Gasteiger partial charge in [-0.2, -0.15) is 9.64 Å². The molecule has 5 heteroatoms. The molecule has 0 aliphatic rings. The van der Waals surface area contributed by atoms with Crippen molar-refractivity contribution >= 4 is 28.5 Å². The Morgan fingerprint density at radius 2 is 2.06 bits per heavy atom. The van der Waals surface area contributed by atoms with E-state index in [1.165, 1.54) is 17.1 Å². The first kappa shape index (κ1) is 10.8. The maximum atomic E-state index is 9.00. The average molecular weight is 255 g/mol. The Morgan fingerprint density at radius 1 is 1.33 bits per heavy atom. The second-order valence-electron chi connectivity index (χ2n) is 4.01. The van der Waals surface area contributed by atoms with Crippen molar-refractivity contribution in [1.29, 1.82) is 5.26 Å². The van der Waals surface area contributed by atoms with Gasteiger partial charge in [0.25, 0.3) is 0 Å². The number of hydrogen-bond acceptors (Lipinski definition) is 5. The van der Waals surface area contributed by atoms with Crippen LogP contribution in [0.3, 0.4) is 0 Å². The minimum absolute atomic E-state index is 0.135.